The number of aromatic amines is 1. The van der Waals surface area contributed by atoms with E-state index in [2.05, 4.69) is 21.2 Å². The summed E-state index contributed by atoms with van der Waals surface area (Å²) in [5.41, 5.74) is 6.69. The summed E-state index contributed by atoms with van der Waals surface area (Å²) >= 11 is 1.61. The summed E-state index contributed by atoms with van der Waals surface area (Å²) in [6.07, 6.45) is 5.74. The maximum absolute atomic E-state index is 14.4. The van der Waals surface area contributed by atoms with Gasteiger partial charge in [0.15, 0.2) is 0 Å². The van der Waals surface area contributed by atoms with Gasteiger partial charge in [-0.2, -0.15) is 10.2 Å². The Morgan fingerprint density at radius 1 is 1.15 bits per heavy atom. The number of carbonyl (C=O) groups is 1. The Kier molecular flexibility index (Phi) is 6.48. The third-order valence-corrected chi connectivity index (χ3v) is 7.65. The van der Waals surface area contributed by atoms with Gasteiger partial charge in [-0.3, -0.25) is 14.6 Å². The minimum atomic E-state index is -0.363. The normalized spacial score (nSPS) is 13.5. The summed E-state index contributed by atoms with van der Waals surface area (Å²) in [6.45, 7) is 7.87. The van der Waals surface area contributed by atoms with Gasteiger partial charge in [0.1, 0.15) is 29.2 Å². The predicted molar refractivity (Wildman–Crippen MR) is 150 cm³/mol. The molecule has 0 bridgehead atoms. The van der Waals surface area contributed by atoms with Crippen molar-refractivity contribution in [2.24, 2.45) is 0 Å². The number of nitrogens with zero attached hydrogens (tertiary/aromatic N) is 5. The van der Waals surface area contributed by atoms with Crippen molar-refractivity contribution in [2.75, 3.05) is 6.54 Å². The maximum atomic E-state index is 14.4. The molecule has 8 nitrogen and oxygen atoms in total. The number of aldehydes is 1. The summed E-state index contributed by atoms with van der Waals surface area (Å²) in [5, 5.41) is 15.2. The molecule has 0 fully saturated rings. The van der Waals surface area contributed by atoms with Crippen LogP contribution < -0.4 is 4.74 Å². The van der Waals surface area contributed by atoms with Crippen molar-refractivity contribution in [1.29, 1.82) is 0 Å². The van der Waals surface area contributed by atoms with Crippen LogP contribution in [0, 0.1) is 12.7 Å². The fraction of sp³-hybridized carbons (Fsp3) is 0.241. The maximum Gasteiger partial charge on any atom is 0.144 e. The monoisotopic (exact) mass is 542 g/mol. The first-order valence-electron chi connectivity index (χ1n) is 12.7. The molecule has 0 amide bonds. The van der Waals surface area contributed by atoms with Gasteiger partial charge in [0.05, 0.1) is 36.8 Å². The summed E-state index contributed by atoms with van der Waals surface area (Å²) in [7, 11) is 0. The highest BCUT2D eigenvalue weighted by Gasteiger charge is 2.26. The number of halogens is 1. The van der Waals surface area contributed by atoms with Crippen molar-refractivity contribution in [2.45, 2.75) is 40.0 Å². The van der Waals surface area contributed by atoms with E-state index in [0.717, 1.165) is 62.4 Å². The Morgan fingerprint density at radius 3 is 2.79 bits per heavy atom. The van der Waals surface area contributed by atoms with Gasteiger partial charge in [-0.15, -0.1) is 11.3 Å². The van der Waals surface area contributed by atoms with Crippen LogP contribution in [0.4, 0.5) is 4.39 Å². The molecule has 0 spiro atoms. The van der Waals surface area contributed by atoms with E-state index in [9.17, 15) is 9.18 Å². The number of aryl methyl sites for hydroxylation is 1. The number of benzene rings is 1. The standard InChI is InChI=1S/C29H27FN6O2S/c1-17(2)38-25-13-19(30)5-6-21(25)26-28(24-14-20-16-35(8-4-11-37)9-10-36(20)34-24)32-27(22-7-12-39-29(22)26)23-15-31-33-18(23)3/h4-8,11-15,17H,9-10,16H2,1-3H3,(H,31,33). The second-order valence-electron chi connectivity index (χ2n) is 9.76. The smallest absolute Gasteiger partial charge is 0.144 e. The first-order valence-corrected chi connectivity index (χ1v) is 13.6. The van der Waals surface area contributed by atoms with Gasteiger partial charge in [0, 0.05) is 51.3 Å². The lowest BCUT2D eigenvalue weighted by molar-refractivity contribution is -0.104. The number of aromatic nitrogens is 5. The van der Waals surface area contributed by atoms with Crippen LogP contribution in [0.1, 0.15) is 25.2 Å². The summed E-state index contributed by atoms with van der Waals surface area (Å²) in [4.78, 5) is 18.1. The van der Waals surface area contributed by atoms with Crippen LogP contribution in [-0.4, -0.2) is 48.8 Å². The Hall–Kier alpha value is -4.31. The minimum Gasteiger partial charge on any atom is -0.490 e. The Balaban J connectivity index is 1.61. The SMILES string of the molecule is Cc1[nH]ncc1-c1nc(-c2cc3n(n2)CCN(C=CC=O)C3)c(-c2ccc(F)cc2OC(C)C)c2sccc12. The molecule has 0 saturated carbocycles. The Morgan fingerprint density at radius 2 is 2.03 bits per heavy atom. The molecule has 0 saturated heterocycles. The third-order valence-electron chi connectivity index (χ3n) is 6.71. The van der Waals surface area contributed by atoms with Gasteiger partial charge in [-0.1, -0.05) is 0 Å². The predicted octanol–water partition coefficient (Wildman–Crippen LogP) is 5.98. The zero-order valence-corrected chi connectivity index (χ0v) is 22.6. The average Bonchev–Trinajstić information content (AvgIpc) is 3.66. The van der Waals surface area contributed by atoms with E-state index in [1.54, 1.807) is 29.8 Å². The van der Waals surface area contributed by atoms with E-state index >= 15 is 0 Å². The number of pyridine rings is 1. The molecular weight excluding hydrogens is 515 g/mol. The molecule has 5 aromatic rings. The van der Waals surface area contributed by atoms with Crippen molar-refractivity contribution >= 4 is 27.7 Å². The molecular formula is C29H27FN6O2S. The number of thiophene rings is 1. The molecule has 0 aliphatic carbocycles. The van der Waals surface area contributed by atoms with E-state index in [4.69, 9.17) is 14.8 Å². The summed E-state index contributed by atoms with van der Waals surface area (Å²) in [5.74, 6) is 0.0991. The lowest BCUT2D eigenvalue weighted by atomic mass is 9.97. The highest BCUT2D eigenvalue weighted by molar-refractivity contribution is 7.18. The van der Waals surface area contributed by atoms with Gasteiger partial charge in [-0.25, -0.2) is 9.37 Å². The van der Waals surface area contributed by atoms with Crippen LogP contribution in [0.25, 0.3) is 43.9 Å². The van der Waals surface area contributed by atoms with E-state index in [-0.39, 0.29) is 11.9 Å². The van der Waals surface area contributed by atoms with Crippen molar-refractivity contribution in [3.8, 4) is 39.5 Å². The molecule has 1 aromatic carbocycles. The summed E-state index contributed by atoms with van der Waals surface area (Å²) < 4.78 is 23.5. The molecule has 198 valence electrons. The Labute approximate surface area is 228 Å². The number of allylic oxidation sites excluding steroid dienone is 1. The molecule has 0 radical (unpaired) electrons. The van der Waals surface area contributed by atoms with Crippen molar-refractivity contribution < 1.29 is 13.9 Å². The van der Waals surface area contributed by atoms with Crippen LogP contribution in [0.5, 0.6) is 5.75 Å². The number of hydrogen-bond donors (Lipinski definition) is 1. The first-order chi connectivity index (χ1) is 18.9. The van der Waals surface area contributed by atoms with E-state index in [0.29, 0.717) is 24.5 Å². The van der Waals surface area contributed by atoms with E-state index in [1.807, 2.05) is 36.9 Å². The van der Waals surface area contributed by atoms with E-state index < -0.39 is 0 Å². The molecule has 4 aromatic heterocycles. The van der Waals surface area contributed by atoms with Crippen molar-refractivity contribution in [3.05, 3.63) is 71.4 Å². The largest absolute Gasteiger partial charge is 0.490 e. The molecule has 0 unspecified atom stereocenters. The number of hydrogen-bond acceptors (Lipinski definition) is 7. The van der Waals surface area contributed by atoms with Gasteiger partial charge in [-0.05, 0) is 56.5 Å². The second kappa shape index (κ2) is 10.1. The number of fused-ring (bicyclic) bond motifs is 2. The quantitative estimate of drug-likeness (QED) is 0.201. The summed E-state index contributed by atoms with van der Waals surface area (Å²) in [6, 6.07) is 8.75. The third kappa shape index (κ3) is 4.61. The average molecular weight is 543 g/mol. The number of H-pyrrole nitrogens is 1. The van der Waals surface area contributed by atoms with Crippen LogP contribution in [-0.2, 0) is 17.9 Å². The highest BCUT2D eigenvalue weighted by Crippen LogP contribution is 2.46. The van der Waals surface area contributed by atoms with Crippen LogP contribution in [0.15, 0.2) is 54.2 Å². The van der Waals surface area contributed by atoms with Crippen LogP contribution in [0.3, 0.4) is 0 Å². The number of nitrogens with one attached hydrogen (secondary N) is 1. The van der Waals surface area contributed by atoms with Gasteiger partial charge >= 0.3 is 0 Å². The fourth-order valence-electron chi connectivity index (χ4n) is 5.00. The molecule has 39 heavy (non-hydrogen) atoms. The Bertz CT molecular complexity index is 1720. The first kappa shape index (κ1) is 25.0. The fourth-order valence-corrected chi connectivity index (χ4v) is 5.95. The lowest BCUT2D eigenvalue weighted by Crippen LogP contribution is -2.29. The molecule has 0 atom stereocenters. The molecule has 6 rings (SSSR count). The number of rotatable bonds is 7. The minimum absolute atomic E-state index is 0.140. The second-order valence-corrected chi connectivity index (χ2v) is 10.7. The van der Waals surface area contributed by atoms with Crippen molar-refractivity contribution in [1.82, 2.24) is 29.9 Å². The van der Waals surface area contributed by atoms with Crippen molar-refractivity contribution in [3.63, 3.8) is 0 Å². The van der Waals surface area contributed by atoms with Crippen LogP contribution in [0.2, 0.25) is 0 Å². The van der Waals surface area contributed by atoms with E-state index in [1.165, 1.54) is 18.2 Å². The number of ether oxygens (including phenoxy) is 1. The lowest BCUT2D eigenvalue weighted by Gasteiger charge is -2.25. The molecule has 5 heterocycles. The number of carbonyl (C=O) groups excluding carboxylic acids is 1. The highest BCUT2D eigenvalue weighted by atomic mass is 32.1. The van der Waals surface area contributed by atoms with Gasteiger partial charge in [0.25, 0.3) is 0 Å². The topological polar surface area (TPSA) is 88.9 Å². The molecule has 10 heteroatoms. The van der Waals surface area contributed by atoms with Gasteiger partial charge < -0.3 is 9.64 Å². The molecule has 1 aliphatic heterocycles. The van der Waals surface area contributed by atoms with Gasteiger partial charge in [0.2, 0.25) is 0 Å². The molecule has 1 aliphatic rings. The van der Waals surface area contributed by atoms with Crippen LogP contribution >= 0.6 is 11.3 Å². The zero-order chi connectivity index (χ0) is 27.1. The molecule has 1 N–H and O–H groups in total. The zero-order valence-electron chi connectivity index (χ0n) is 21.8.